The Bertz CT molecular complexity index is 348. The fraction of sp³-hybridized carbons (Fsp3) is 0.462. The smallest absolute Gasteiger partial charge is 0.323 e. The largest absolute Gasteiger partial charge is 0.460 e. The standard InChI is InChI=1S/C13H20N2O2.2ClH/c1-15(2)9-8-12(14)13(16)17-10-11-6-4-3-5-7-11;;/h3-7,12H,8-10,14H2,1-2H3;2*1H. The third-order valence-electron chi connectivity index (χ3n) is 2.41. The molecule has 6 heteroatoms. The molecule has 1 rings (SSSR count). The number of esters is 1. The van der Waals surface area contributed by atoms with Crippen molar-refractivity contribution in [3.63, 3.8) is 0 Å². The molecule has 0 aliphatic heterocycles. The van der Waals surface area contributed by atoms with Crippen molar-refractivity contribution >= 4 is 30.8 Å². The molecule has 0 aliphatic carbocycles. The third kappa shape index (κ3) is 8.83. The molecule has 0 aliphatic rings. The van der Waals surface area contributed by atoms with Crippen LogP contribution in [0.2, 0.25) is 0 Å². The molecule has 0 saturated heterocycles. The summed E-state index contributed by atoms with van der Waals surface area (Å²) in [6.45, 7) is 1.07. The van der Waals surface area contributed by atoms with E-state index in [-0.39, 0.29) is 37.4 Å². The fourth-order valence-corrected chi connectivity index (χ4v) is 1.35. The number of benzene rings is 1. The van der Waals surface area contributed by atoms with E-state index in [0.29, 0.717) is 6.42 Å². The molecule has 4 nitrogen and oxygen atoms in total. The minimum absolute atomic E-state index is 0. The zero-order valence-corrected chi connectivity index (χ0v) is 12.9. The first kappa shape index (κ1) is 20.5. The minimum Gasteiger partial charge on any atom is -0.460 e. The minimum atomic E-state index is -0.541. The summed E-state index contributed by atoms with van der Waals surface area (Å²) in [6.07, 6.45) is 0.612. The van der Waals surface area contributed by atoms with Gasteiger partial charge in [-0.25, -0.2) is 0 Å². The van der Waals surface area contributed by atoms with Crippen LogP contribution in [0.25, 0.3) is 0 Å². The van der Waals surface area contributed by atoms with Crippen LogP contribution in [0, 0.1) is 0 Å². The summed E-state index contributed by atoms with van der Waals surface area (Å²) in [4.78, 5) is 13.6. The van der Waals surface area contributed by atoms with E-state index >= 15 is 0 Å². The second-order valence-corrected chi connectivity index (χ2v) is 4.29. The van der Waals surface area contributed by atoms with E-state index in [2.05, 4.69) is 0 Å². The van der Waals surface area contributed by atoms with Gasteiger partial charge in [0.1, 0.15) is 12.6 Å². The lowest BCUT2D eigenvalue weighted by molar-refractivity contribution is -0.146. The molecule has 1 aromatic carbocycles. The van der Waals surface area contributed by atoms with Gasteiger partial charge in [-0.05, 0) is 32.6 Å². The molecule has 2 N–H and O–H groups in total. The molecule has 1 aromatic rings. The summed E-state index contributed by atoms with van der Waals surface area (Å²) >= 11 is 0. The Morgan fingerprint density at radius 1 is 1.26 bits per heavy atom. The topological polar surface area (TPSA) is 55.6 Å². The summed E-state index contributed by atoms with van der Waals surface area (Å²) in [6, 6.07) is 9.04. The van der Waals surface area contributed by atoms with Gasteiger partial charge in [-0.2, -0.15) is 0 Å². The van der Waals surface area contributed by atoms with Crippen LogP contribution in [-0.4, -0.2) is 37.6 Å². The maximum absolute atomic E-state index is 11.6. The van der Waals surface area contributed by atoms with Gasteiger partial charge < -0.3 is 15.4 Å². The second kappa shape index (κ2) is 11.1. The molecule has 0 saturated carbocycles. The third-order valence-corrected chi connectivity index (χ3v) is 2.41. The van der Waals surface area contributed by atoms with Crippen molar-refractivity contribution in [1.29, 1.82) is 0 Å². The Labute approximate surface area is 127 Å². The molecule has 0 amide bonds. The number of halogens is 2. The average Bonchev–Trinajstić information content (AvgIpc) is 2.34. The number of hydrogen-bond acceptors (Lipinski definition) is 4. The van der Waals surface area contributed by atoms with E-state index in [1.807, 2.05) is 49.3 Å². The monoisotopic (exact) mass is 308 g/mol. The molecule has 110 valence electrons. The summed E-state index contributed by atoms with van der Waals surface area (Å²) in [5.74, 6) is -0.337. The van der Waals surface area contributed by atoms with Crippen LogP contribution in [0.5, 0.6) is 0 Å². The van der Waals surface area contributed by atoms with Crippen LogP contribution >= 0.6 is 24.8 Å². The fourth-order valence-electron chi connectivity index (χ4n) is 1.35. The van der Waals surface area contributed by atoms with Crippen molar-refractivity contribution in [3.8, 4) is 0 Å². The Hall–Kier alpha value is -0.810. The van der Waals surface area contributed by atoms with Gasteiger partial charge >= 0.3 is 5.97 Å². The van der Waals surface area contributed by atoms with Crippen molar-refractivity contribution < 1.29 is 9.53 Å². The predicted octanol–water partition coefficient (Wildman–Crippen LogP) is 1.85. The molecule has 0 radical (unpaired) electrons. The normalized spacial score (nSPS) is 11.2. The van der Waals surface area contributed by atoms with Gasteiger partial charge in [0, 0.05) is 0 Å². The molecular weight excluding hydrogens is 287 g/mol. The van der Waals surface area contributed by atoms with Gasteiger partial charge in [-0.1, -0.05) is 30.3 Å². The lowest BCUT2D eigenvalue weighted by atomic mass is 10.2. The zero-order chi connectivity index (χ0) is 12.7. The second-order valence-electron chi connectivity index (χ2n) is 4.29. The summed E-state index contributed by atoms with van der Waals surface area (Å²) < 4.78 is 5.14. The first-order chi connectivity index (χ1) is 8.09. The van der Waals surface area contributed by atoms with E-state index in [9.17, 15) is 4.79 Å². The molecule has 19 heavy (non-hydrogen) atoms. The maximum atomic E-state index is 11.6. The number of carbonyl (C=O) groups is 1. The van der Waals surface area contributed by atoms with Crippen molar-refractivity contribution in [2.75, 3.05) is 20.6 Å². The quantitative estimate of drug-likeness (QED) is 0.815. The molecule has 1 atom stereocenters. The van der Waals surface area contributed by atoms with Gasteiger partial charge in [0.05, 0.1) is 0 Å². The first-order valence-corrected chi connectivity index (χ1v) is 5.70. The average molecular weight is 309 g/mol. The van der Waals surface area contributed by atoms with Crippen molar-refractivity contribution in [1.82, 2.24) is 4.90 Å². The Morgan fingerprint density at radius 2 is 1.84 bits per heavy atom. The highest BCUT2D eigenvalue weighted by Gasteiger charge is 2.14. The van der Waals surface area contributed by atoms with Crippen LogP contribution in [0.3, 0.4) is 0 Å². The van der Waals surface area contributed by atoms with Crippen LogP contribution < -0.4 is 5.73 Å². The lowest BCUT2D eigenvalue weighted by Gasteiger charge is -2.14. The molecular formula is C13H22Cl2N2O2. The Balaban J connectivity index is 0. The van der Waals surface area contributed by atoms with Crippen LogP contribution in [0.15, 0.2) is 30.3 Å². The SMILES string of the molecule is CN(C)CCC(N)C(=O)OCc1ccccc1.Cl.Cl. The van der Waals surface area contributed by atoms with E-state index in [4.69, 9.17) is 10.5 Å². The van der Waals surface area contributed by atoms with Crippen molar-refractivity contribution in [2.45, 2.75) is 19.1 Å². The van der Waals surface area contributed by atoms with E-state index in [1.165, 1.54) is 0 Å². The predicted molar refractivity (Wildman–Crippen MR) is 81.9 cm³/mol. The van der Waals surface area contributed by atoms with Gasteiger partial charge in [-0.15, -0.1) is 24.8 Å². The summed E-state index contributed by atoms with van der Waals surface area (Å²) in [7, 11) is 3.89. The first-order valence-electron chi connectivity index (χ1n) is 5.70. The number of carbonyl (C=O) groups excluding carboxylic acids is 1. The van der Waals surface area contributed by atoms with Gasteiger partial charge in [0.25, 0.3) is 0 Å². The number of rotatable bonds is 6. The summed E-state index contributed by atoms with van der Waals surface area (Å²) in [5, 5.41) is 0. The molecule has 0 aromatic heterocycles. The molecule has 0 fully saturated rings. The maximum Gasteiger partial charge on any atom is 0.323 e. The van der Waals surface area contributed by atoms with Gasteiger partial charge in [-0.3, -0.25) is 4.79 Å². The van der Waals surface area contributed by atoms with E-state index in [1.54, 1.807) is 0 Å². The molecule has 0 heterocycles. The Kier molecular flexibility index (Phi) is 11.9. The van der Waals surface area contributed by atoms with E-state index < -0.39 is 6.04 Å². The van der Waals surface area contributed by atoms with Crippen LogP contribution in [0.4, 0.5) is 0 Å². The van der Waals surface area contributed by atoms with Crippen molar-refractivity contribution in [2.24, 2.45) is 5.73 Å². The molecule has 0 spiro atoms. The highest BCUT2D eigenvalue weighted by molar-refractivity contribution is 5.85. The van der Waals surface area contributed by atoms with Crippen LogP contribution in [0.1, 0.15) is 12.0 Å². The number of hydrogen-bond donors (Lipinski definition) is 1. The highest BCUT2D eigenvalue weighted by atomic mass is 35.5. The number of nitrogens with two attached hydrogens (primary N) is 1. The molecule has 1 unspecified atom stereocenters. The molecule has 0 bridgehead atoms. The lowest BCUT2D eigenvalue weighted by Crippen LogP contribution is -2.35. The summed E-state index contributed by atoms with van der Waals surface area (Å²) in [5.41, 5.74) is 6.70. The zero-order valence-electron chi connectivity index (χ0n) is 11.2. The van der Waals surface area contributed by atoms with Crippen LogP contribution in [-0.2, 0) is 16.1 Å². The number of nitrogens with zero attached hydrogens (tertiary/aromatic N) is 1. The number of ether oxygens (including phenoxy) is 1. The van der Waals surface area contributed by atoms with E-state index in [0.717, 1.165) is 12.1 Å². The van der Waals surface area contributed by atoms with Gasteiger partial charge in [0.15, 0.2) is 0 Å². The highest BCUT2D eigenvalue weighted by Crippen LogP contribution is 2.02. The van der Waals surface area contributed by atoms with Crippen molar-refractivity contribution in [3.05, 3.63) is 35.9 Å². The van der Waals surface area contributed by atoms with Gasteiger partial charge in [0.2, 0.25) is 0 Å². The Morgan fingerprint density at radius 3 is 2.37 bits per heavy atom.